The second-order valence-corrected chi connectivity index (χ2v) is 6.57. The molecule has 1 aromatic rings. The van der Waals surface area contributed by atoms with E-state index in [1.165, 1.54) is 0 Å². The summed E-state index contributed by atoms with van der Waals surface area (Å²) in [4.78, 5) is 40.6. The van der Waals surface area contributed by atoms with E-state index in [1.54, 1.807) is 24.0 Å². The van der Waals surface area contributed by atoms with Crippen LogP contribution in [0.1, 0.15) is 51.8 Å². The van der Waals surface area contributed by atoms with Gasteiger partial charge in [0.1, 0.15) is 5.82 Å². The number of imidazole rings is 1. The summed E-state index contributed by atoms with van der Waals surface area (Å²) in [5.74, 6) is 0.0841. The smallest absolute Gasteiger partial charge is 0.322 e. The molecule has 1 aliphatic rings. The minimum Gasteiger partial charge on any atom is -0.353 e. The first-order valence-corrected chi connectivity index (χ1v) is 8.81. The van der Waals surface area contributed by atoms with Crippen LogP contribution in [0.25, 0.3) is 0 Å². The zero-order valence-electron chi connectivity index (χ0n) is 15.1. The normalized spacial score (nSPS) is 20.9. The van der Waals surface area contributed by atoms with Crippen LogP contribution in [0, 0.1) is 5.92 Å². The van der Waals surface area contributed by atoms with Gasteiger partial charge in [0.2, 0.25) is 5.91 Å². The highest BCUT2D eigenvalue weighted by molar-refractivity contribution is 6.07. The van der Waals surface area contributed by atoms with E-state index in [0.29, 0.717) is 18.2 Å². The maximum Gasteiger partial charge on any atom is 0.322 e. The Kier molecular flexibility index (Phi) is 6.17. The summed E-state index contributed by atoms with van der Waals surface area (Å²) in [6, 6.07) is -0.586. The summed E-state index contributed by atoms with van der Waals surface area (Å²) < 4.78 is 1.66. The number of carbonyl (C=O) groups excluding carboxylic acids is 3. The number of aryl methyl sites for hydroxylation is 1. The lowest BCUT2D eigenvalue weighted by Gasteiger charge is -2.26. The number of urea groups is 1. The van der Waals surface area contributed by atoms with Crippen LogP contribution >= 0.6 is 0 Å². The van der Waals surface area contributed by atoms with Crippen LogP contribution in [0.2, 0.25) is 0 Å². The number of imide groups is 1. The molecule has 25 heavy (non-hydrogen) atoms. The van der Waals surface area contributed by atoms with Gasteiger partial charge in [-0.1, -0.05) is 33.1 Å². The predicted molar refractivity (Wildman–Crippen MR) is 92.5 cm³/mol. The molecule has 2 rings (SSSR count). The van der Waals surface area contributed by atoms with Crippen LogP contribution in [0.4, 0.5) is 4.79 Å². The van der Waals surface area contributed by atoms with E-state index in [4.69, 9.17) is 0 Å². The lowest BCUT2D eigenvalue weighted by atomic mass is 9.94. The number of nitrogens with one attached hydrogen (secondary N) is 3. The van der Waals surface area contributed by atoms with Crippen LogP contribution in [-0.4, -0.2) is 33.9 Å². The molecule has 1 fully saturated rings. The van der Waals surface area contributed by atoms with Gasteiger partial charge in [-0.2, -0.15) is 0 Å². The maximum atomic E-state index is 12.4. The molecule has 8 heteroatoms. The molecule has 2 atom stereocenters. The molecule has 0 aromatic carbocycles. The number of hydrogen-bond acceptors (Lipinski definition) is 4. The number of carbonyl (C=O) groups is 3. The molecule has 4 amide bonds. The first-order chi connectivity index (χ1) is 11.9. The average molecular weight is 349 g/mol. The molecule has 2 heterocycles. The lowest BCUT2D eigenvalue weighted by Crippen LogP contribution is -2.54. The molecule has 0 spiro atoms. The number of nitrogens with zero attached hydrogens (tertiary/aromatic N) is 2. The molecule has 1 aromatic heterocycles. The first kappa shape index (κ1) is 19.0. The highest BCUT2D eigenvalue weighted by Gasteiger charge is 2.50. The fourth-order valence-corrected chi connectivity index (χ4v) is 3.14. The standard InChI is InChI=1S/C17H27N5O3/c1-4-6-7-12(5-2)10-13(23)19-11-17(14-18-8-9-22(14)3)15(24)20-16(25)21-17/h8-9,12H,4-7,10-11H2,1-3H3,(H,19,23)(H2,20,21,24,25). The van der Waals surface area contributed by atoms with E-state index in [0.717, 1.165) is 25.7 Å². The van der Waals surface area contributed by atoms with Crippen molar-refractivity contribution < 1.29 is 14.4 Å². The van der Waals surface area contributed by atoms with E-state index in [1.807, 2.05) is 0 Å². The van der Waals surface area contributed by atoms with Crippen LogP contribution in [0.5, 0.6) is 0 Å². The second kappa shape index (κ2) is 8.13. The van der Waals surface area contributed by atoms with Gasteiger partial charge in [-0.25, -0.2) is 9.78 Å². The molecule has 138 valence electrons. The van der Waals surface area contributed by atoms with E-state index < -0.39 is 17.5 Å². The van der Waals surface area contributed by atoms with Gasteiger partial charge < -0.3 is 15.2 Å². The van der Waals surface area contributed by atoms with Crippen molar-refractivity contribution in [2.45, 2.75) is 51.5 Å². The maximum absolute atomic E-state index is 12.4. The van der Waals surface area contributed by atoms with Gasteiger partial charge in [0.15, 0.2) is 5.54 Å². The summed E-state index contributed by atoms with van der Waals surface area (Å²) >= 11 is 0. The summed E-state index contributed by atoms with van der Waals surface area (Å²) in [7, 11) is 1.74. The Morgan fingerprint density at radius 1 is 1.40 bits per heavy atom. The third kappa shape index (κ3) is 4.18. The lowest BCUT2D eigenvalue weighted by molar-refractivity contribution is -0.126. The van der Waals surface area contributed by atoms with Gasteiger partial charge in [0.25, 0.3) is 5.91 Å². The van der Waals surface area contributed by atoms with E-state index in [9.17, 15) is 14.4 Å². The molecule has 0 bridgehead atoms. The third-order valence-corrected chi connectivity index (χ3v) is 4.71. The number of rotatable bonds is 9. The molecule has 1 saturated heterocycles. The summed E-state index contributed by atoms with van der Waals surface area (Å²) in [6.07, 6.45) is 7.82. The second-order valence-electron chi connectivity index (χ2n) is 6.57. The zero-order chi connectivity index (χ0) is 18.4. The molecule has 0 aliphatic carbocycles. The fraction of sp³-hybridized carbons (Fsp3) is 0.647. The molecule has 2 unspecified atom stereocenters. The Hall–Kier alpha value is -2.38. The largest absolute Gasteiger partial charge is 0.353 e. The van der Waals surface area contributed by atoms with Gasteiger partial charge in [-0.15, -0.1) is 0 Å². The van der Waals surface area contributed by atoms with Crippen molar-refractivity contribution in [2.75, 3.05) is 6.54 Å². The highest BCUT2D eigenvalue weighted by Crippen LogP contribution is 2.23. The van der Waals surface area contributed by atoms with Crippen LogP contribution in [-0.2, 0) is 22.2 Å². The van der Waals surface area contributed by atoms with Crippen LogP contribution in [0.15, 0.2) is 12.4 Å². The Bertz CT molecular complexity index is 642. The van der Waals surface area contributed by atoms with Gasteiger partial charge >= 0.3 is 6.03 Å². The molecule has 3 N–H and O–H groups in total. The van der Waals surface area contributed by atoms with Crippen LogP contribution < -0.4 is 16.0 Å². The number of unbranched alkanes of at least 4 members (excludes halogenated alkanes) is 1. The fourth-order valence-electron chi connectivity index (χ4n) is 3.14. The minimum atomic E-state index is -1.38. The molecular weight excluding hydrogens is 322 g/mol. The first-order valence-electron chi connectivity index (χ1n) is 8.81. The number of aromatic nitrogens is 2. The third-order valence-electron chi connectivity index (χ3n) is 4.71. The van der Waals surface area contributed by atoms with Crippen molar-refractivity contribution in [1.29, 1.82) is 0 Å². The zero-order valence-corrected chi connectivity index (χ0v) is 15.1. The Balaban J connectivity index is 2.06. The molecule has 0 saturated carbocycles. The van der Waals surface area contributed by atoms with E-state index in [2.05, 4.69) is 34.8 Å². The quantitative estimate of drug-likeness (QED) is 0.582. The van der Waals surface area contributed by atoms with Crippen molar-refractivity contribution in [1.82, 2.24) is 25.5 Å². The van der Waals surface area contributed by atoms with Gasteiger partial charge in [-0.05, 0) is 12.3 Å². The number of amides is 4. The van der Waals surface area contributed by atoms with Crippen molar-refractivity contribution in [3.05, 3.63) is 18.2 Å². The van der Waals surface area contributed by atoms with Crippen LogP contribution in [0.3, 0.4) is 0 Å². The Morgan fingerprint density at radius 2 is 2.16 bits per heavy atom. The Morgan fingerprint density at radius 3 is 2.68 bits per heavy atom. The van der Waals surface area contributed by atoms with Crippen molar-refractivity contribution in [3.8, 4) is 0 Å². The van der Waals surface area contributed by atoms with Gasteiger partial charge in [-0.3, -0.25) is 14.9 Å². The van der Waals surface area contributed by atoms with Gasteiger partial charge in [0, 0.05) is 25.9 Å². The summed E-state index contributed by atoms with van der Waals surface area (Å²) in [5.41, 5.74) is -1.38. The SMILES string of the molecule is CCCCC(CC)CC(=O)NCC1(c2nccn2C)NC(=O)NC1=O. The monoisotopic (exact) mass is 349 g/mol. The average Bonchev–Trinajstić information content (AvgIpc) is 3.12. The number of hydrogen-bond donors (Lipinski definition) is 3. The molecule has 8 nitrogen and oxygen atoms in total. The minimum absolute atomic E-state index is 0.0293. The molecule has 1 aliphatic heterocycles. The highest BCUT2D eigenvalue weighted by atomic mass is 16.2. The summed E-state index contributed by atoms with van der Waals surface area (Å²) in [5, 5.41) is 7.66. The Labute approximate surface area is 147 Å². The van der Waals surface area contributed by atoms with Gasteiger partial charge in [0.05, 0.1) is 6.54 Å². The summed E-state index contributed by atoms with van der Waals surface area (Å²) in [6.45, 7) is 4.18. The van der Waals surface area contributed by atoms with Crippen molar-refractivity contribution >= 4 is 17.8 Å². The van der Waals surface area contributed by atoms with Crippen molar-refractivity contribution in [3.63, 3.8) is 0 Å². The molecule has 0 radical (unpaired) electrons. The van der Waals surface area contributed by atoms with E-state index >= 15 is 0 Å². The van der Waals surface area contributed by atoms with Crippen molar-refractivity contribution in [2.24, 2.45) is 13.0 Å². The molecular formula is C17H27N5O3. The topological polar surface area (TPSA) is 105 Å². The predicted octanol–water partition coefficient (Wildman–Crippen LogP) is 1.18. The van der Waals surface area contributed by atoms with E-state index in [-0.39, 0.29) is 12.5 Å².